The van der Waals surface area contributed by atoms with E-state index in [9.17, 15) is 13.2 Å². The van der Waals surface area contributed by atoms with Gasteiger partial charge in [0.1, 0.15) is 22.9 Å². The van der Waals surface area contributed by atoms with Crippen molar-refractivity contribution in [3.8, 4) is 0 Å². The van der Waals surface area contributed by atoms with Crippen molar-refractivity contribution in [3.05, 3.63) is 16.5 Å². The molecule has 0 aliphatic carbocycles. The van der Waals surface area contributed by atoms with Gasteiger partial charge in [0.15, 0.2) is 0 Å². The van der Waals surface area contributed by atoms with Crippen molar-refractivity contribution in [2.24, 2.45) is 0 Å². The summed E-state index contributed by atoms with van der Waals surface area (Å²) in [6, 6.07) is 1.64. The summed E-state index contributed by atoms with van der Waals surface area (Å²) < 4.78 is 40.3. The van der Waals surface area contributed by atoms with Crippen molar-refractivity contribution in [3.63, 3.8) is 0 Å². The van der Waals surface area contributed by atoms with E-state index in [1.807, 2.05) is 0 Å². The monoisotopic (exact) mass is 313 g/mol. The minimum Gasteiger partial charge on any atom is -0.370 e. The predicted molar refractivity (Wildman–Crippen MR) is 59.8 cm³/mol. The molecule has 0 aliphatic heterocycles. The Morgan fingerprint density at radius 3 is 2.71 bits per heavy atom. The number of nitrogens with one attached hydrogen (secondary N) is 1. The van der Waals surface area contributed by atoms with Gasteiger partial charge in [-0.1, -0.05) is 0 Å². The van der Waals surface area contributed by atoms with Crippen LogP contribution in [0.1, 0.15) is 5.82 Å². The second kappa shape index (κ2) is 6.15. The van der Waals surface area contributed by atoms with Crippen LogP contribution in [0.15, 0.2) is 10.7 Å². The number of nitrogens with zero attached hydrogens (tertiary/aromatic N) is 2. The van der Waals surface area contributed by atoms with E-state index >= 15 is 0 Å². The van der Waals surface area contributed by atoms with Crippen LogP contribution in [0.2, 0.25) is 0 Å². The number of aryl methyl sites for hydroxylation is 1. The molecule has 1 N–H and O–H groups in total. The SMILES string of the molecule is Cc1nc(Br)cc(NCCOCC(F)(F)F)n1. The lowest BCUT2D eigenvalue weighted by Gasteiger charge is -2.09. The van der Waals surface area contributed by atoms with Crippen LogP contribution in [-0.2, 0) is 4.74 Å². The van der Waals surface area contributed by atoms with Gasteiger partial charge < -0.3 is 10.1 Å². The van der Waals surface area contributed by atoms with E-state index in [-0.39, 0.29) is 13.2 Å². The molecule has 1 heterocycles. The van der Waals surface area contributed by atoms with Crippen LogP contribution in [-0.4, -0.2) is 35.9 Å². The van der Waals surface area contributed by atoms with Crippen molar-refractivity contribution in [1.82, 2.24) is 9.97 Å². The molecule has 0 spiro atoms. The smallest absolute Gasteiger partial charge is 0.370 e. The van der Waals surface area contributed by atoms with Crippen LogP contribution in [0.3, 0.4) is 0 Å². The third-order valence-corrected chi connectivity index (χ3v) is 2.03. The van der Waals surface area contributed by atoms with Gasteiger partial charge in [-0.2, -0.15) is 13.2 Å². The molecule has 1 aromatic heterocycles. The van der Waals surface area contributed by atoms with Gasteiger partial charge in [-0.05, 0) is 22.9 Å². The molecule has 0 amide bonds. The van der Waals surface area contributed by atoms with Crippen molar-refractivity contribution >= 4 is 21.7 Å². The van der Waals surface area contributed by atoms with E-state index in [1.165, 1.54) is 0 Å². The zero-order valence-corrected chi connectivity index (χ0v) is 10.6. The van der Waals surface area contributed by atoms with Gasteiger partial charge in [0, 0.05) is 12.6 Å². The van der Waals surface area contributed by atoms with Crippen LogP contribution in [0.25, 0.3) is 0 Å². The highest BCUT2D eigenvalue weighted by Gasteiger charge is 2.27. The molecule has 1 aromatic rings. The lowest BCUT2D eigenvalue weighted by molar-refractivity contribution is -0.172. The highest BCUT2D eigenvalue weighted by atomic mass is 79.9. The average Bonchev–Trinajstić information content (AvgIpc) is 2.13. The minimum atomic E-state index is -4.28. The van der Waals surface area contributed by atoms with Crippen molar-refractivity contribution in [1.29, 1.82) is 0 Å². The summed E-state index contributed by atoms with van der Waals surface area (Å²) >= 11 is 3.19. The summed E-state index contributed by atoms with van der Waals surface area (Å²) in [4.78, 5) is 8.05. The lowest BCUT2D eigenvalue weighted by Crippen LogP contribution is -2.20. The summed E-state index contributed by atoms with van der Waals surface area (Å²) in [5.74, 6) is 1.11. The van der Waals surface area contributed by atoms with E-state index < -0.39 is 12.8 Å². The van der Waals surface area contributed by atoms with E-state index in [1.54, 1.807) is 13.0 Å². The van der Waals surface area contributed by atoms with E-state index in [4.69, 9.17) is 0 Å². The quantitative estimate of drug-likeness (QED) is 0.670. The van der Waals surface area contributed by atoms with Crippen LogP contribution in [0, 0.1) is 6.92 Å². The second-order valence-electron chi connectivity index (χ2n) is 3.22. The predicted octanol–water partition coefficient (Wildman–Crippen LogP) is 2.54. The zero-order chi connectivity index (χ0) is 12.9. The summed E-state index contributed by atoms with van der Waals surface area (Å²) in [5, 5.41) is 2.84. The maximum absolute atomic E-state index is 11.7. The number of rotatable bonds is 5. The van der Waals surface area contributed by atoms with E-state index in [0.29, 0.717) is 16.2 Å². The fraction of sp³-hybridized carbons (Fsp3) is 0.556. The van der Waals surface area contributed by atoms with E-state index in [0.717, 1.165) is 0 Å². The highest BCUT2D eigenvalue weighted by Crippen LogP contribution is 2.14. The molecule has 96 valence electrons. The molecule has 0 radical (unpaired) electrons. The second-order valence-corrected chi connectivity index (χ2v) is 4.03. The van der Waals surface area contributed by atoms with Crippen LogP contribution in [0.4, 0.5) is 19.0 Å². The van der Waals surface area contributed by atoms with E-state index in [2.05, 4.69) is 36.0 Å². The van der Waals surface area contributed by atoms with Crippen molar-refractivity contribution in [2.75, 3.05) is 25.1 Å². The topological polar surface area (TPSA) is 47.0 Å². The van der Waals surface area contributed by atoms with Gasteiger partial charge in [0.2, 0.25) is 0 Å². The Morgan fingerprint density at radius 1 is 1.41 bits per heavy atom. The first-order valence-corrected chi connectivity index (χ1v) is 5.56. The Labute approximate surface area is 105 Å². The molecule has 0 atom stereocenters. The Morgan fingerprint density at radius 2 is 2.12 bits per heavy atom. The Balaban J connectivity index is 2.27. The Bertz CT molecular complexity index is 353. The van der Waals surface area contributed by atoms with Crippen LogP contribution >= 0.6 is 15.9 Å². The van der Waals surface area contributed by atoms with Gasteiger partial charge in [-0.15, -0.1) is 0 Å². The Hall–Kier alpha value is -0.890. The number of hydrogen-bond acceptors (Lipinski definition) is 4. The molecule has 0 unspecified atom stereocenters. The standard InChI is InChI=1S/C9H11BrF3N3O/c1-6-15-7(10)4-8(16-6)14-2-3-17-5-9(11,12)13/h4H,2-3,5H2,1H3,(H,14,15,16). The highest BCUT2D eigenvalue weighted by molar-refractivity contribution is 9.10. The van der Waals surface area contributed by atoms with Crippen LogP contribution < -0.4 is 5.32 Å². The molecule has 0 aliphatic rings. The molecule has 4 nitrogen and oxygen atoms in total. The first-order chi connectivity index (χ1) is 7.87. The minimum absolute atomic E-state index is 0.0415. The first-order valence-electron chi connectivity index (χ1n) is 4.76. The Kier molecular flexibility index (Phi) is 5.13. The van der Waals surface area contributed by atoms with Gasteiger partial charge in [0.05, 0.1) is 6.61 Å². The number of hydrogen-bond donors (Lipinski definition) is 1. The molecule has 8 heteroatoms. The summed E-state index contributed by atoms with van der Waals surface area (Å²) in [7, 11) is 0. The molecule has 17 heavy (non-hydrogen) atoms. The molecule has 0 fully saturated rings. The van der Waals surface area contributed by atoms with Crippen molar-refractivity contribution in [2.45, 2.75) is 13.1 Å². The zero-order valence-electron chi connectivity index (χ0n) is 9.01. The molecule has 0 bridgehead atoms. The number of ether oxygens (including phenoxy) is 1. The molecule has 1 rings (SSSR count). The molecule has 0 aromatic carbocycles. The summed E-state index contributed by atoms with van der Waals surface area (Å²) in [6.07, 6.45) is -4.28. The molecule has 0 saturated carbocycles. The van der Waals surface area contributed by atoms with Crippen molar-refractivity contribution < 1.29 is 17.9 Å². The number of alkyl halides is 3. The molecular formula is C9H11BrF3N3O. The maximum atomic E-state index is 11.7. The lowest BCUT2D eigenvalue weighted by atomic mass is 10.5. The van der Waals surface area contributed by atoms with Crippen LogP contribution in [0.5, 0.6) is 0 Å². The number of aromatic nitrogens is 2. The third-order valence-electron chi connectivity index (χ3n) is 1.62. The largest absolute Gasteiger partial charge is 0.411 e. The molecular weight excluding hydrogens is 303 g/mol. The number of anilines is 1. The van der Waals surface area contributed by atoms with Gasteiger partial charge in [-0.25, -0.2) is 9.97 Å². The van der Waals surface area contributed by atoms with Gasteiger partial charge in [-0.3, -0.25) is 0 Å². The fourth-order valence-corrected chi connectivity index (χ4v) is 1.53. The fourth-order valence-electron chi connectivity index (χ4n) is 1.06. The first kappa shape index (κ1) is 14.2. The third kappa shape index (κ3) is 6.42. The normalized spacial score (nSPS) is 11.6. The average molecular weight is 314 g/mol. The molecule has 0 saturated heterocycles. The summed E-state index contributed by atoms with van der Waals surface area (Å²) in [6.45, 7) is 0.691. The van der Waals surface area contributed by atoms with Gasteiger partial charge in [0.25, 0.3) is 0 Å². The van der Waals surface area contributed by atoms with Gasteiger partial charge >= 0.3 is 6.18 Å². The summed E-state index contributed by atoms with van der Waals surface area (Å²) in [5.41, 5.74) is 0. The maximum Gasteiger partial charge on any atom is 0.411 e. The number of halogens is 4.